The van der Waals surface area contributed by atoms with Crippen LogP contribution in [0.25, 0.3) is 6.08 Å². The molecule has 0 atom stereocenters. The average Bonchev–Trinajstić information content (AvgIpc) is 3.05. The Hall–Kier alpha value is -2.04. The fourth-order valence-corrected chi connectivity index (χ4v) is 5.32. The molecule has 168 valence electrons. The Morgan fingerprint density at radius 2 is 1.94 bits per heavy atom. The standard InChI is InChI=1S/C24H24INO4S2/c1-4-8-17-9-6-7-10-19(17)29-11-12-30-22-18(25)13-16(14-20(22)28-3)15-21-23(27)26(5-2)24(31)32-21/h4,6-7,9-10,13-15H,1,5,8,11-12H2,2-3H3/b21-15-. The van der Waals surface area contributed by atoms with Crippen molar-refractivity contribution in [3.8, 4) is 17.2 Å². The highest BCUT2D eigenvalue weighted by atomic mass is 127. The topological polar surface area (TPSA) is 48.0 Å². The van der Waals surface area contributed by atoms with Crippen molar-refractivity contribution in [2.45, 2.75) is 13.3 Å². The van der Waals surface area contributed by atoms with E-state index in [4.69, 9.17) is 26.4 Å². The Bertz CT molecular complexity index is 1050. The predicted molar refractivity (Wildman–Crippen MR) is 143 cm³/mol. The van der Waals surface area contributed by atoms with E-state index in [1.807, 2.05) is 55.5 Å². The summed E-state index contributed by atoms with van der Waals surface area (Å²) in [6, 6.07) is 11.7. The Morgan fingerprint density at radius 3 is 2.62 bits per heavy atom. The molecule has 1 fully saturated rings. The van der Waals surface area contributed by atoms with Crippen molar-refractivity contribution in [3.63, 3.8) is 0 Å². The lowest BCUT2D eigenvalue weighted by Crippen LogP contribution is -2.27. The number of benzene rings is 2. The van der Waals surface area contributed by atoms with Crippen LogP contribution in [0.4, 0.5) is 0 Å². The Labute approximate surface area is 211 Å². The third-order valence-corrected chi connectivity index (χ3v) is 6.84. The summed E-state index contributed by atoms with van der Waals surface area (Å²) in [5.41, 5.74) is 1.94. The maximum atomic E-state index is 12.5. The average molecular weight is 581 g/mol. The molecule has 0 N–H and O–H groups in total. The SMILES string of the molecule is C=CCc1ccccc1OCCOc1c(I)cc(/C=C2\SC(=S)N(CC)C2=O)cc1OC. The molecule has 0 unspecified atom stereocenters. The van der Waals surface area contributed by atoms with Gasteiger partial charge in [-0.2, -0.15) is 0 Å². The maximum absolute atomic E-state index is 12.5. The van der Waals surface area contributed by atoms with E-state index in [-0.39, 0.29) is 5.91 Å². The van der Waals surface area contributed by atoms with Gasteiger partial charge in [-0.25, -0.2) is 0 Å². The first kappa shape index (κ1) is 24.6. The molecule has 2 aromatic carbocycles. The van der Waals surface area contributed by atoms with Crippen molar-refractivity contribution in [3.05, 3.63) is 68.7 Å². The van der Waals surface area contributed by atoms with Crippen LogP contribution in [0.3, 0.4) is 0 Å². The molecule has 1 amide bonds. The first-order chi connectivity index (χ1) is 15.5. The number of ether oxygens (including phenoxy) is 3. The number of rotatable bonds is 10. The van der Waals surface area contributed by atoms with E-state index in [1.165, 1.54) is 11.8 Å². The predicted octanol–water partition coefficient (Wildman–Crippen LogP) is 5.71. The van der Waals surface area contributed by atoms with E-state index in [1.54, 1.807) is 12.0 Å². The second kappa shape index (κ2) is 11.7. The van der Waals surface area contributed by atoms with E-state index < -0.39 is 0 Å². The van der Waals surface area contributed by atoms with Gasteiger partial charge in [0.15, 0.2) is 11.5 Å². The quantitative estimate of drug-likeness (QED) is 0.118. The lowest BCUT2D eigenvalue weighted by Gasteiger charge is -2.15. The first-order valence-corrected chi connectivity index (χ1v) is 12.4. The fourth-order valence-electron chi connectivity index (χ4n) is 3.15. The number of thiocarbonyl (C=S) groups is 1. The second-order valence-electron chi connectivity index (χ2n) is 6.76. The van der Waals surface area contributed by atoms with Gasteiger partial charge >= 0.3 is 0 Å². The molecule has 0 spiro atoms. The van der Waals surface area contributed by atoms with Crippen LogP contribution in [0.5, 0.6) is 17.2 Å². The number of allylic oxidation sites excluding steroid dienone is 1. The van der Waals surface area contributed by atoms with Crippen molar-refractivity contribution in [1.29, 1.82) is 0 Å². The molecule has 0 radical (unpaired) electrons. The van der Waals surface area contributed by atoms with Gasteiger partial charge in [0, 0.05) is 6.54 Å². The molecular weight excluding hydrogens is 557 g/mol. The highest BCUT2D eigenvalue weighted by molar-refractivity contribution is 14.1. The highest BCUT2D eigenvalue weighted by Gasteiger charge is 2.30. The Morgan fingerprint density at radius 1 is 1.19 bits per heavy atom. The minimum atomic E-state index is -0.0642. The smallest absolute Gasteiger partial charge is 0.266 e. The summed E-state index contributed by atoms with van der Waals surface area (Å²) >= 11 is 8.81. The van der Waals surface area contributed by atoms with Gasteiger partial charge in [-0.05, 0) is 71.3 Å². The lowest BCUT2D eigenvalue weighted by atomic mass is 10.1. The van der Waals surface area contributed by atoms with Gasteiger partial charge in [-0.15, -0.1) is 6.58 Å². The van der Waals surface area contributed by atoms with Crippen LogP contribution in [-0.4, -0.2) is 42.0 Å². The molecule has 1 heterocycles. The molecule has 0 saturated carbocycles. The molecule has 1 aliphatic heterocycles. The molecule has 0 aliphatic carbocycles. The zero-order chi connectivity index (χ0) is 23.1. The summed E-state index contributed by atoms with van der Waals surface area (Å²) in [5.74, 6) is 2.01. The van der Waals surface area contributed by atoms with E-state index in [2.05, 4.69) is 29.2 Å². The number of likely N-dealkylation sites (N-methyl/N-ethyl adjacent to an activating group) is 1. The fraction of sp³-hybridized carbons (Fsp3) is 0.250. The van der Waals surface area contributed by atoms with Crippen LogP contribution in [0.1, 0.15) is 18.1 Å². The molecule has 5 nitrogen and oxygen atoms in total. The third kappa shape index (κ3) is 5.85. The number of nitrogens with zero attached hydrogens (tertiary/aromatic N) is 1. The van der Waals surface area contributed by atoms with Crippen molar-refractivity contribution < 1.29 is 19.0 Å². The first-order valence-electron chi connectivity index (χ1n) is 10.1. The summed E-state index contributed by atoms with van der Waals surface area (Å²) in [6.07, 6.45) is 4.44. The van der Waals surface area contributed by atoms with Crippen LogP contribution in [0.15, 0.2) is 54.0 Å². The van der Waals surface area contributed by atoms with Crippen LogP contribution in [-0.2, 0) is 11.2 Å². The highest BCUT2D eigenvalue weighted by Crippen LogP contribution is 2.37. The number of halogens is 1. The van der Waals surface area contributed by atoms with Crippen molar-refractivity contribution in [2.75, 3.05) is 26.9 Å². The monoisotopic (exact) mass is 581 g/mol. The largest absolute Gasteiger partial charge is 0.493 e. The van der Waals surface area contributed by atoms with Gasteiger partial charge in [0.2, 0.25) is 0 Å². The van der Waals surface area contributed by atoms with Gasteiger partial charge in [-0.1, -0.05) is 48.3 Å². The summed E-state index contributed by atoms with van der Waals surface area (Å²) in [7, 11) is 1.60. The van der Waals surface area contributed by atoms with E-state index in [0.29, 0.717) is 40.5 Å². The molecular formula is C24H24INO4S2. The molecule has 1 aliphatic rings. The Balaban J connectivity index is 1.68. The summed E-state index contributed by atoms with van der Waals surface area (Å²) < 4.78 is 18.9. The summed E-state index contributed by atoms with van der Waals surface area (Å²) in [4.78, 5) is 14.7. The van der Waals surface area contributed by atoms with Crippen LogP contribution < -0.4 is 14.2 Å². The molecule has 8 heteroatoms. The van der Waals surface area contributed by atoms with Crippen molar-refractivity contribution >= 4 is 62.9 Å². The van der Waals surface area contributed by atoms with E-state index in [9.17, 15) is 4.79 Å². The number of amides is 1. The number of hydrogen-bond donors (Lipinski definition) is 0. The zero-order valence-corrected chi connectivity index (χ0v) is 21.7. The second-order valence-corrected chi connectivity index (χ2v) is 9.60. The van der Waals surface area contributed by atoms with Gasteiger partial charge in [0.25, 0.3) is 5.91 Å². The minimum Gasteiger partial charge on any atom is -0.493 e. The minimum absolute atomic E-state index is 0.0642. The van der Waals surface area contributed by atoms with Crippen LogP contribution >= 0.6 is 46.6 Å². The molecule has 0 bridgehead atoms. The molecule has 32 heavy (non-hydrogen) atoms. The number of para-hydroxylation sites is 1. The van der Waals surface area contributed by atoms with Crippen molar-refractivity contribution in [2.24, 2.45) is 0 Å². The lowest BCUT2D eigenvalue weighted by molar-refractivity contribution is -0.121. The third-order valence-electron chi connectivity index (χ3n) is 4.66. The molecule has 2 aromatic rings. The number of carbonyl (C=O) groups is 1. The maximum Gasteiger partial charge on any atom is 0.266 e. The number of thioether (sulfide) groups is 1. The normalized spacial score (nSPS) is 14.7. The number of carbonyl (C=O) groups excluding carboxylic acids is 1. The molecule has 3 rings (SSSR count). The van der Waals surface area contributed by atoms with Crippen LogP contribution in [0, 0.1) is 3.57 Å². The number of hydrogen-bond acceptors (Lipinski definition) is 6. The van der Waals surface area contributed by atoms with Crippen LogP contribution in [0.2, 0.25) is 0 Å². The zero-order valence-electron chi connectivity index (χ0n) is 17.9. The van der Waals surface area contributed by atoms with Crippen molar-refractivity contribution in [1.82, 2.24) is 4.90 Å². The summed E-state index contributed by atoms with van der Waals surface area (Å²) in [5, 5.41) is 0. The molecule has 0 aromatic heterocycles. The number of methoxy groups -OCH3 is 1. The molecule has 1 saturated heterocycles. The van der Waals surface area contributed by atoms with Gasteiger partial charge in [-0.3, -0.25) is 9.69 Å². The van der Waals surface area contributed by atoms with E-state index >= 15 is 0 Å². The van der Waals surface area contributed by atoms with Gasteiger partial charge in [0.1, 0.15) is 23.3 Å². The Kier molecular flexibility index (Phi) is 9.01. The summed E-state index contributed by atoms with van der Waals surface area (Å²) in [6.45, 7) is 7.03. The van der Waals surface area contributed by atoms with Gasteiger partial charge in [0.05, 0.1) is 15.6 Å². The van der Waals surface area contributed by atoms with E-state index in [0.717, 1.165) is 26.9 Å². The van der Waals surface area contributed by atoms with Gasteiger partial charge < -0.3 is 14.2 Å².